The Balaban J connectivity index is 1.73. The molecule has 0 amide bonds. The number of thiophene rings is 1. The van der Waals surface area contributed by atoms with Gasteiger partial charge in [-0.2, -0.15) is 0 Å². The predicted octanol–water partition coefficient (Wildman–Crippen LogP) is 3.59. The van der Waals surface area contributed by atoms with Crippen LogP contribution in [0.3, 0.4) is 0 Å². The summed E-state index contributed by atoms with van der Waals surface area (Å²) in [6.07, 6.45) is 1.55. The average molecular weight is 369 g/mol. The molecule has 0 bridgehead atoms. The van der Waals surface area contributed by atoms with E-state index in [1.807, 2.05) is 0 Å². The number of hydrogen-bond donors (Lipinski definition) is 2. The lowest BCUT2D eigenvalue weighted by Crippen LogP contribution is -2.50. The van der Waals surface area contributed by atoms with Crippen LogP contribution in [-0.4, -0.2) is 45.4 Å². The molecular formula is C21H24N2O2S. The number of β-amino-alcohol motifs (C(OH)–C–C–N with tert-alkyl or cyclic N) is 1. The number of likely N-dealkylation sites (tertiary alicyclic amines) is 1. The maximum absolute atomic E-state index is 10.5. The van der Waals surface area contributed by atoms with Gasteiger partial charge in [0.15, 0.2) is 0 Å². The van der Waals surface area contributed by atoms with E-state index in [0.717, 1.165) is 41.0 Å². The van der Waals surface area contributed by atoms with Crippen LogP contribution in [0.1, 0.15) is 24.0 Å². The highest BCUT2D eigenvalue weighted by molar-refractivity contribution is 7.13. The standard InChI is InChI=1S/C21H24N2O2S/c1-15-5-6-16-11-17(12-23-8-3-7-21(25,13-23)14-24)20(22-18(16)10-15)19-4-2-9-26-19/h2,4-6,9-11,24-25H,3,7-8,12-14H2,1H3/t21-/m0/s1. The quantitative estimate of drug-likeness (QED) is 0.739. The molecule has 4 rings (SSSR count). The van der Waals surface area contributed by atoms with E-state index in [1.165, 1.54) is 11.1 Å². The molecule has 2 aromatic heterocycles. The van der Waals surface area contributed by atoms with Crippen LogP contribution in [-0.2, 0) is 6.54 Å². The first-order chi connectivity index (χ1) is 12.6. The second-order valence-corrected chi connectivity index (χ2v) is 8.31. The largest absolute Gasteiger partial charge is 0.393 e. The molecule has 3 heterocycles. The SMILES string of the molecule is Cc1ccc2cc(CN3CCC[C@@](O)(CO)C3)c(-c3cccs3)nc2c1. The number of rotatable bonds is 4. The van der Waals surface area contributed by atoms with Crippen LogP contribution in [0.2, 0.25) is 0 Å². The lowest BCUT2D eigenvalue weighted by atomic mass is 9.93. The van der Waals surface area contributed by atoms with Crippen molar-refractivity contribution in [1.82, 2.24) is 9.88 Å². The Kier molecular flexibility index (Phi) is 4.80. The Bertz CT molecular complexity index is 910. The lowest BCUT2D eigenvalue weighted by molar-refractivity contribution is -0.0686. The Morgan fingerprint density at radius 2 is 2.15 bits per heavy atom. The number of aliphatic hydroxyl groups excluding tert-OH is 1. The van der Waals surface area contributed by atoms with Gasteiger partial charge >= 0.3 is 0 Å². The number of piperidine rings is 1. The van der Waals surface area contributed by atoms with Gasteiger partial charge in [-0.25, -0.2) is 4.98 Å². The van der Waals surface area contributed by atoms with Crippen molar-refractivity contribution >= 4 is 22.2 Å². The molecule has 2 N–H and O–H groups in total. The van der Waals surface area contributed by atoms with Crippen molar-refractivity contribution in [2.75, 3.05) is 19.7 Å². The van der Waals surface area contributed by atoms with Gasteiger partial charge in [0.05, 0.1) is 22.7 Å². The first kappa shape index (κ1) is 17.6. The van der Waals surface area contributed by atoms with Gasteiger partial charge in [0.2, 0.25) is 0 Å². The van der Waals surface area contributed by atoms with Crippen LogP contribution < -0.4 is 0 Å². The highest BCUT2D eigenvalue weighted by Gasteiger charge is 2.32. The summed E-state index contributed by atoms with van der Waals surface area (Å²) < 4.78 is 0. The molecule has 1 aromatic carbocycles. The van der Waals surface area contributed by atoms with Gasteiger partial charge in [-0.1, -0.05) is 18.2 Å². The van der Waals surface area contributed by atoms with Gasteiger partial charge < -0.3 is 10.2 Å². The van der Waals surface area contributed by atoms with E-state index in [9.17, 15) is 10.2 Å². The smallest absolute Gasteiger partial charge is 0.100 e. The van der Waals surface area contributed by atoms with E-state index in [1.54, 1.807) is 11.3 Å². The molecule has 1 fully saturated rings. The summed E-state index contributed by atoms with van der Waals surface area (Å²) >= 11 is 1.70. The third kappa shape index (κ3) is 3.53. The lowest BCUT2D eigenvalue weighted by Gasteiger charge is -2.38. The second kappa shape index (κ2) is 7.08. The summed E-state index contributed by atoms with van der Waals surface area (Å²) in [5.41, 5.74) is 3.44. The third-order valence-corrected chi connectivity index (χ3v) is 6.01. The number of benzene rings is 1. The Morgan fingerprint density at radius 1 is 1.27 bits per heavy atom. The molecule has 1 aliphatic heterocycles. The van der Waals surface area contributed by atoms with Crippen molar-refractivity contribution in [3.05, 3.63) is 52.9 Å². The zero-order valence-electron chi connectivity index (χ0n) is 15.0. The summed E-state index contributed by atoms with van der Waals surface area (Å²) in [4.78, 5) is 8.37. The van der Waals surface area contributed by atoms with Crippen molar-refractivity contribution in [3.8, 4) is 10.6 Å². The number of fused-ring (bicyclic) bond motifs is 1. The molecule has 0 unspecified atom stereocenters. The number of aryl methyl sites for hydroxylation is 1. The summed E-state index contributed by atoms with van der Waals surface area (Å²) in [6.45, 7) is 4.06. The highest BCUT2D eigenvalue weighted by atomic mass is 32.1. The minimum Gasteiger partial charge on any atom is -0.393 e. The Labute approximate surface area is 157 Å². The minimum absolute atomic E-state index is 0.184. The van der Waals surface area contributed by atoms with Crippen molar-refractivity contribution in [1.29, 1.82) is 0 Å². The molecule has 0 saturated carbocycles. The number of aliphatic hydroxyl groups is 2. The number of aromatic nitrogens is 1. The van der Waals surface area contributed by atoms with E-state index in [0.29, 0.717) is 13.0 Å². The van der Waals surface area contributed by atoms with Gasteiger partial charge in [-0.15, -0.1) is 11.3 Å². The first-order valence-corrected chi connectivity index (χ1v) is 9.94. The second-order valence-electron chi connectivity index (χ2n) is 7.37. The molecule has 136 valence electrons. The fraction of sp³-hybridized carbons (Fsp3) is 0.381. The molecule has 1 atom stereocenters. The van der Waals surface area contributed by atoms with Crippen molar-refractivity contribution in [2.45, 2.75) is 31.9 Å². The van der Waals surface area contributed by atoms with Gasteiger partial charge in [-0.05, 0) is 61.0 Å². The molecule has 3 aromatic rings. The van der Waals surface area contributed by atoms with Crippen LogP contribution in [0.5, 0.6) is 0 Å². The normalized spacial score (nSPS) is 21.3. The maximum Gasteiger partial charge on any atom is 0.100 e. The van der Waals surface area contributed by atoms with Crippen LogP contribution in [0, 0.1) is 6.92 Å². The topological polar surface area (TPSA) is 56.6 Å². The molecule has 1 saturated heterocycles. The molecule has 0 spiro atoms. The van der Waals surface area contributed by atoms with E-state index in [-0.39, 0.29) is 6.61 Å². The zero-order valence-corrected chi connectivity index (χ0v) is 15.8. The molecule has 0 radical (unpaired) electrons. The van der Waals surface area contributed by atoms with Crippen LogP contribution in [0.25, 0.3) is 21.5 Å². The number of pyridine rings is 1. The summed E-state index contributed by atoms with van der Waals surface area (Å²) in [6, 6.07) is 12.8. The Morgan fingerprint density at radius 3 is 2.92 bits per heavy atom. The number of hydrogen-bond acceptors (Lipinski definition) is 5. The van der Waals surface area contributed by atoms with E-state index < -0.39 is 5.60 Å². The van der Waals surface area contributed by atoms with Crippen LogP contribution in [0.15, 0.2) is 41.8 Å². The minimum atomic E-state index is -0.983. The van der Waals surface area contributed by atoms with Gasteiger partial charge in [-0.3, -0.25) is 4.90 Å². The third-order valence-electron chi connectivity index (χ3n) is 5.13. The molecule has 1 aliphatic rings. The van der Waals surface area contributed by atoms with Crippen molar-refractivity contribution in [3.63, 3.8) is 0 Å². The van der Waals surface area contributed by atoms with Crippen LogP contribution in [0.4, 0.5) is 0 Å². The van der Waals surface area contributed by atoms with E-state index in [4.69, 9.17) is 4.98 Å². The highest BCUT2D eigenvalue weighted by Crippen LogP contribution is 2.31. The fourth-order valence-corrected chi connectivity index (χ4v) is 4.53. The van der Waals surface area contributed by atoms with Gasteiger partial charge in [0, 0.05) is 18.5 Å². The van der Waals surface area contributed by atoms with Crippen molar-refractivity contribution < 1.29 is 10.2 Å². The van der Waals surface area contributed by atoms with Crippen molar-refractivity contribution in [2.24, 2.45) is 0 Å². The zero-order chi connectivity index (χ0) is 18.1. The molecular weight excluding hydrogens is 344 g/mol. The van der Waals surface area contributed by atoms with Gasteiger partial charge in [0.25, 0.3) is 0 Å². The molecule has 26 heavy (non-hydrogen) atoms. The molecule has 5 heteroatoms. The summed E-state index contributed by atoms with van der Waals surface area (Å²) in [7, 11) is 0. The fourth-order valence-electron chi connectivity index (χ4n) is 3.78. The van der Waals surface area contributed by atoms with E-state index >= 15 is 0 Å². The summed E-state index contributed by atoms with van der Waals surface area (Å²) in [5, 5.41) is 23.2. The van der Waals surface area contributed by atoms with E-state index in [2.05, 4.69) is 53.6 Å². The predicted molar refractivity (Wildman–Crippen MR) is 106 cm³/mol. The average Bonchev–Trinajstić information content (AvgIpc) is 3.16. The first-order valence-electron chi connectivity index (χ1n) is 9.06. The Hall–Kier alpha value is -1.79. The molecule has 4 nitrogen and oxygen atoms in total. The maximum atomic E-state index is 10.5. The van der Waals surface area contributed by atoms with Crippen LogP contribution >= 0.6 is 11.3 Å². The summed E-state index contributed by atoms with van der Waals surface area (Å²) in [5.74, 6) is 0. The molecule has 0 aliphatic carbocycles. The number of nitrogens with zero attached hydrogens (tertiary/aromatic N) is 2. The van der Waals surface area contributed by atoms with Gasteiger partial charge in [0.1, 0.15) is 5.60 Å². The monoisotopic (exact) mass is 368 g/mol.